The quantitative estimate of drug-likeness (QED) is 0.628. The zero-order valence-electron chi connectivity index (χ0n) is 8.21. The highest BCUT2D eigenvalue weighted by atomic mass is 15.2. The van der Waals surface area contributed by atoms with Gasteiger partial charge in [-0.2, -0.15) is 0 Å². The maximum Gasteiger partial charge on any atom is 0.0419 e. The van der Waals surface area contributed by atoms with Gasteiger partial charge < -0.3 is 16.4 Å². The lowest BCUT2D eigenvalue weighted by atomic mass is 10.0. The standard InChI is InChI=1S/C9H21N3/c1-8(2)5-12-4-3-9(11,6-10)7-12/h8H,3-7,10-11H2,1-2H3. The predicted octanol–water partition coefficient (Wildman–Crippen LogP) is 0.00430. The van der Waals surface area contributed by atoms with E-state index in [1.807, 2.05) is 0 Å². The summed E-state index contributed by atoms with van der Waals surface area (Å²) in [5, 5.41) is 0. The Morgan fingerprint density at radius 1 is 1.50 bits per heavy atom. The molecule has 4 N–H and O–H groups in total. The van der Waals surface area contributed by atoms with Crippen molar-refractivity contribution in [2.45, 2.75) is 25.8 Å². The number of rotatable bonds is 3. The molecule has 1 aliphatic rings. The molecule has 0 spiro atoms. The van der Waals surface area contributed by atoms with E-state index in [9.17, 15) is 0 Å². The zero-order chi connectivity index (χ0) is 9.19. The number of nitrogens with zero attached hydrogens (tertiary/aromatic N) is 1. The van der Waals surface area contributed by atoms with Crippen LogP contribution in [0.2, 0.25) is 0 Å². The van der Waals surface area contributed by atoms with Gasteiger partial charge in [0.1, 0.15) is 0 Å². The van der Waals surface area contributed by atoms with Crippen molar-refractivity contribution < 1.29 is 0 Å². The molecule has 3 nitrogen and oxygen atoms in total. The van der Waals surface area contributed by atoms with Gasteiger partial charge in [-0.1, -0.05) is 13.8 Å². The number of nitrogens with two attached hydrogens (primary N) is 2. The Morgan fingerprint density at radius 2 is 2.17 bits per heavy atom. The normalized spacial score (nSPS) is 31.8. The highest BCUT2D eigenvalue weighted by Crippen LogP contribution is 2.18. The van der Waals surface area contributed by atoms with Gasteiger partial charge in [-0.15, -0.1) is 0 Å². The van der Waals surface area contributed by atoms with Gasteiger partial charge >= 0.3 is 0 Å². The Kier molecular flexibility index (Phi) is 3.09. The van der Waals surface area contributed by atoms with E-state index in [4.69, 9.17) is 11.5 Å². The summed E-state index contributed by atoms with van der Waals surface area (Å²) in [7, 11) is 0. The second-order valence-electron chi connectivity index (χ2n) is 4.45. The Morgan fingerprint density at radius 3 is 2.58 bits per heavy atom. The van der Waals surface area contributed by atoms with Crippen LogP contribution in [0.4, 0.5) is 0 Å². The Bertz CT molecular complexity index is 147. The molecule has 12 heavy (non-hydrogen) atoms. The molecule has 3 heteroatoms. The third-order valence-corrected chi connectivity index (χ3v) is 2.49. The van der Waals surface area contributed by atoms with Crippen molar-refractivity contribution in [3.63, 3.8) is 0 Å². The van der Waals surface area contributed by atoms with Crippen LogP contribution in [0.5, 0.6) is 0 Å². The molecule has 0 aromatic heterocycles. The lowest BCUT2D eigenvalue weighted by Gasteiger charge is -2.23. The van der Waals surface area contributed by atoms with E-state index < -0.39 is 0 Å². The lowest BCUT2D eigenvalue weighted by Crippen LogP contribution is -2.49. The van der Waals surface area contributed by atoms with E-state index in [2.05, 4.69) is 18.7 Å². The van der Waals surface area contributed by atoms with Crippen molar-refractivity contribution >= 4 is 0 Å². The molecule has 0 radical (unpaired) electrons. The molecule has 1 saturated heterocycles. The Hall–Kier alpha value is -0.120. The second-order valence-corrected chi connectivity index (χ2v) is 4.45. The SMILES string of the molecule is CC(C)CN1CCC(N)(CN)C1. The van der Waals surface area contributed by atoms with Crippen LogP contribution >= 0.6 is 0 Å². The van der Waals surface area contributed by atoms with Gasteiger partial charge in [0.2, 0.25) is 0 Å². The highest BCUT2D eigenvalue weighted by Gasteiger charge is 2.32. The molecule has 0 aromatic rings. The fourth-order valence-corrected chi connectivity index (χ4v) is 1.82. The summed E-state index contributed by atoms with van der Waals surface area (Å²) in [5.74, 6) is 0.727. The van der Waals surface area contributed by atoms with Crippen molar-refractivity contribution in [2.75, 3.05) is 26.2 Å². The van der Waals surface area contributed by atoms with Crippen LogP contribution in [0.25, 0.3) is 0 Å². The summed E-state index contributed by atoms with van der Waals surface area (Å²) < 4.78 is 0. The van der Waals surface area contributed by atoms with Gasteiger partial charge in [0.05, 0.1) is 0 Å². The minimum atomic E-state index is -0.102. The topological polar surface area (TPSA) is 55.3 Å². The average Bonchev–Trinajstić information content (AvgIpc) is 2.32. The van der Waals surface area contributed by atoms with E-state index in [1.165, 1.54) is 0 Å². The molecule has 0 amide bonds. The van der Waals surface area contributed by atoms with Crippen LogP contribution in [0, 0.1) is 5.92 Å². The fraction of sp³-hybridized carbons (Fsp3) is 1.00. The van der Waals surface area contributed by atoms with Crippen molar-refractivity contribution in [2.24, 2.45) is 17.4 Å². The van der Waals surface area contributed by atoms with E-state index in [1.54, 1.807) is 0 Å². The average molecular weight is 171 g/mol. The monoisotopic (exact) mass is 171 g/mol. The molecule has 0 aliphatic carbocycles. The van der Waals surface area contributed by atoms with E-state index >= 15 is 0 Å². The summed E-state index contributed by atoms with van der Waals surface area (Å²) in [6.07, 6.45) is 1.05. The Labute approximate surface area is 75.1 Å². The molecule has 1 aliphatic heterocycles. The van der Waals surface area contributed by atoms with Gasteiger partial charge in [0.25, 0.3) is 0 Å². The Balaban J connectivity index is 2.35. The number of hydrogen-bond donors (Lipinski definition) is 2. The van der Waals surface area contributed by atoms with E-state index in [0.29, 0.717) is 6.54 Å². The third-order valence-electron chi connectivity index (χ3n) is 2.49. The summed E-state index contributed by atoms with van der Waals surface area (Å²) in [6, 6.07) is 0. The fourth-order valence-electron chi connectivity index (χ4n) is 1.82. The van der Waals surface area contributed by atoms with Crippen LogP contribution in [0.3, 0.4) is 0 Å². The maximum atomic E-state index is 6.06. The van der Waals surface area contributed by atoms with Crippen LogP contribution in [-0.2, 0) is 0 Å². The van der Waals surface area contributed by atoms with Crippen LogP contribution in [0.1, 0.15) is 20.3 Å². The van der Waals surface area contributed by atoms with Crippen molar-refractivity contribution in [1.82, 2.24) is 4.90 Å². The summed E-state index contributed by atoms with van der Waals surface area (Å²) >= 11 is 0. The van der Waals surface area contributed by atoms with Crippen molar-refractivity contribution in [1.29, 1.82) is 0 Å². The van der Waals surface area contributed by atoms with E-state index in [-0.39, 0.29) is 5.54 Å². The highest BCUT2D eigenvalue weighted by molar-refractivity contribution is 4.95. The molecule has 0 aromatic carbocycles. The van der Waals surface area contributed by atoms with Crippen molar-refractivity contribution in [3.05, 3.63) is 0 Å². The van der Waals surface area contributed by atoms with Crippen molar-refractivity contribution in [3.8, 4) is 0 Å². The molecule has 1 fully saturated rings. The smallest absolute Gasteiger partial charge is 0.0419 e. The van der Waals surface area contributed by atoms with Gasteiger partial charge in [0.15, 0.2) is 0 Å². The molecule has 1 atom stereocenters. The number of hydrogen-bond acceptors (Lipinski definition) is 3. The lowest BCUT2D eigenvalue weighted by molar-refractivity contribution is 0.279. The summed E-state index contributed by atoms with van der Waals surface area (Å²) in [6.45, 7) is 8.33. The maximum absolute atomic E-state index is 6.06. The van der Waals surface area contributed by atoms with Crippen LogP contribution in [-0.4, -0.2) is 36.6 Å². The number of likely N-dealkylation sites (tertiary alicyclic amines) is 1. The zero-order valence-corrected chi connectivity index (χ0v) is 8.21. The largest absolute Gasteiger partial charge is 0.329 e. The van der Waals surface area contributed by atoms with Gasteiger partial charge in [-0.3, -0.25) is 0 Å². The van der Waals surface area contributed by atoms with Gasteiger partial charge in [-0.05, 0) is 12.3 Å². The first-order valence-electron chi connectivity index (χ1n) is 4.77. The minimum absolute atomic E-state index is 0.102. The molecule has 0 saturated carbocycles. The van der Waals surface area contributed by atoms with E-state index in [0.717, 1.165) is 32.0 Å². The van der Waals surface area contributed by atoms with Gasteiger partial charge in [-0.25, -0.2) is 0 Å². The summed E-state index contributed by atoms with van der Waals surface area (Å²) in [4.78, 5) is 2.41. The molecule has 1 unspecified atom stereocenters. The first-order valence-corrected chi connectivity index (χ1v) is 4.77. The molecule has 1 rings (SSSR count). The minimum Gasteiger partial charge on any atom is -0.329 e. The summed E-state index contributed by atoms with van der Waals surface area (Å²) in [5.41, 5.74) is 11.6. The molecule has 1 heterocycles. The first kappa shape index (κ1) is 9.96. The molecular formula is C9H21N3. The second kappa shape index (κ2) is 3.73. The predicted molar refractivity (Wildman–Crippen MR) is 51.9 cm³/mol. The third kappa shape index (κ3) is 2.44. The molecular weight excluding hydrogens is 150 g/mol. The van der Waals surface area contributed by atoms with Crippen LogP contribution < -0.4 is 11.5 Å². The molecule has 72 valence electrons. The van der Waals surface area contributed by atoms with Gasteiger partial charge in [0, 0.05) is 31.7 Å². The first-order chi connectivity index (χ1) is 5.56. The molecule has 0 bridgehead atoms. The van der Waals surface area contributed by atoms with Crippen LogP contribution in [0.15, 0.2) is 0 Å².